The Bertz CT molecular complexity index is 1970. The number of rotatable bonds is 10. The lowest BCUT2D eigenvalue weighted by atomic mass is 10.00. The Balaban J connectivity index is 1.22. The Morgan fingerprint density at radius 1 is 1.00 bits per heavy atom. The van der Waals surface area contributed by atoms with Gasteiger partial charge < -0.3 is 25.2 Å². The van der Waals surface area contributed by atoms with Crippen molar-refractivity contribution in [1.82, 2.24) is 39.4 Å². The minimum Gasteiger partial charge on any atom is -0.495 e. The largest absolute Gasteiger partial charge is 0.495 e. The zero-order chi connectivity index (χ0) is 34.7. The number of benzene rings is 2. The van der Waals surface area contributed by atoms with Crippen LogP contribution in [-0.2, 0) is 10.0 Å². The van der Waals surface area contributed by atoms with E-state index in [1.54, 1.807) is 37.6 Å². The number of methoxy groups -OCH3 is 1. The summed E-state index contributed by atoms with van der Waals surface area (Å²) in [5, 5.41) is 6.35. The normalized spacial score (nSPS) is 16.4. The monoisotopic (exact) mass is 686 g/mol. The van der Waals surface area contributed by atoms with Gasteiger partial charge in [-0.2, -0.15) is 4.98 Å². The number of amides is 1. The zero-order valence-electron chi connectivity index (χ0n) is 28.2. The summed E-state index contributed by atoms with van der Waals surface area (Å²) >= 11 is 0. The van der Waals surface area contributed by atoms with E-state index in [-0.39, 0.29) is 28.0 Å². The van der Waals surface area contributed by atoms with Crippen molar-refractivity contribution in [3.63, 3.8) is 0 Å². The van der Waals surface area contributed by atoms with Gasteiger partial charge in [0.25, 0.3) is 5.91 Å². The third-order valence-electron chi connectivity index (χ3n) is 9.25. The third kappa shape index (κ3) is 7.20. The van der Waals surface area contributed by atoms with E-state index in [4.69, 9.17) is 4.74 Å². The second kappa shape index (κ2) is 14.4. The Labute approximate surface area is 286 Å². The van der Waals surface area contributed by atoms with E-state index in [1.807, 2.05) is 17.9 Å². The molecule has 0 atom stereocenters. The molecule has 4 aromatic rings. The van der Waals surface area contributed by atoms with Crippen molar-refractivity contribution in [2.75, 3.05) is 71.1 Å². The lowest BCUT2D eigenvalue weighted by molar-refractivity contribution is 0.0518. The molecular formula is C34H42N10O4S. The molecule has 3 N–H and O–H groups in total. The van der Waals surface area contributed by atoms with Gasteiger partial charge >= 0.3 is 0 Å². The molecule has 6 rings (SSSR count). The minimum absolute atomic E-state index is 0.00958. The average Bonchev–Trinajstić information content (AvgIpc) is 3.12. The number of aromatic nitrogens is 4. The fourth-order valence-electron chi connectivity index (χ4n) is 6.41. The number of carbonyl (C=O) groups excluding carboxylic acids is 1. The van der Waals surface area contributed by atoms with Crippen molar-refractivity contribution < 1.29 is 17.9 Å². The highest BCUT2D eigenvalue weighted by atomic mass is 32.2. The number of anilines is 4. The van der Waals surface area contributed by atoms with E-state index in [0.29, 0.717) is 39.9 Å². The van der Waals surface area contributed by atoms with Crippen LogP contribution in [0.25, 0.3) is 17.1 Å². The van der Waals surface area contributed by atoms with Gasteiger partial charge in [0.15, 0.2) is 0 Å². The number of carbonyl (C=O) groups is 1. The van der Waals surface area contributed by atoms with Crippen LogP contribution in [0.5, 0.6) is 5.75 Å². The molecule has 0 radical (unpaired) electrons. The topological polar surface area (TPSA) is 158 Å². The van der Waals surface area contributed by atoms with Crippen LogP contribution in [0.1, 0.15) is 34.3 Å². The lowest BCUT2D eigenvalue weighted by Gasteiger charge is -2.42. The summed E-state index contributed by atoms with van der Waals surface area (Å²) in [5.74, 6) is 0.979. The molecule has 2 aliphatic rings. The number of piperidine rings is 1. The van der Waals surface area contributed by atoms with Gasteiger partial charge in [0, 0.05) is 75.0 Å². The van der Waals surface area contributed by atoms with Crippen molar-refractivity contribution >= 4 is 56.2 Å². The molecule has 258 valence electrons. The number of hydrogen-bond donors (Lipinski definition) is 3. The highest BCUT2D eigenvalue weighted by Crippen LogP contribution is 2.34. The zero-order valence-corrected chi connectivity index (χ0v) is 29.0. The van der Waals surface area contributed by atoms with Crippen LogP contribution in [0.4, 0.5) is 23.1 Å². The maximum Gasteiger partial charge on any atom is 0.254 e. The summed E-state index contributed by atoms with van der Waals surface area (Å²) < 4.78 is 34.3. The highest BCUT2D eigenvalue weighted by Gasteiger charge is 2.30. The third-order valence-corrected chi connectivity index (χ3v) is 10.7. The summed E-state index contributed by atoms with van der Waals surface area (Å²) in [7, 11) is 1.10. The molecule has 0 saturated carbocycles. The summed E-state index contributed by atoms with van der Waals surface area (Å²) in [6, 6.07) is 7.41. The first-order valence-corrected chi connectivity index (χ1v) is 17.7. The van der Waals surface area contributed by atoms with Gasteiger partial charge in [0.1, 0.15) is 22.0 Å². The van der Waals surface area contributed by atoms with Crippen molar-refractivity contribution in [2.24, 2.45) is 0 Å². The Morgan fingerprint density at radius 3 is 2.43 bits per heavy atom. The number of piperazine rings is 1. The molecule has 0 spiro atoms. The van der Waals surface area contributed by atoms with Crippen LogP contribution < -0.4 is 20.1 Å². The second-order valence-corrected chi connectivity index (χ2v) is 14.1. The number of ether oxygens (including phenoxy) is 1. The van der Waals surface area contributed by atoms with Crippen molar-refractivity contribution in [3.05, 3.63) is 66.1 Å². The maximum absolute atomic E-state index is 13.7. The van der Waals surface area contributed by atoms with Gasteiger partial charge in [-0.15, -0.1) is 0 Å². The van der Waals surface area contributed by atoms with Crippen molar-refractivity contribution in [3.8, 4) is 5.75 Å². The molecule has 14 nitrogen and oxygen atoms in total. The van der Waals surface area contributed by atoms with Gasteiger partial charge in [0.05, 0.1) is 24.0 Å². The predicted octanol–water partition coefficient (Wildman–Crippen LogP) is 3.63. The molecule has 2 aliphatic heterocycles. The number of likely N-dealkylation sites (tertiary alicyclic amines) is 1. The quantitative estimate of drug-likeness (QED) is 0.223. The average molecular weight is 687 g/mol. The highest BCUT2D eigenvalue weighted by molar-refractivity contribution is 7.89. The lowest BCUT2D eigenvalue weighted by Crippen LogP contribution is -2.53. The summed E-state index contributed by atoms with van der Waals surface area (Å²) in [5.41, 5.74) is 3.37. The van der Waals surface area contributed by atoms with Gasteiger partial charge in [-0.1, -0.05) is 12.7 Å². The standard InChI is InChI=1S/C34H42N10O4S/c1-6-23-21-38-34(41-32(23)39-27-8-7-26-30(37-12-11-36-26)31(27)49(46,47)35-3)40-28-19-22(2)25(20-29(28)48-5)33(45)44-13-9-24(10-14-44)43-17-15-42(4)16-18-43/h6-8,11-12,19-21,24,35H,1,9-10,13-18H2,2-5H3,(H2,38,39,40,41). The minimum atomic E-state index is -3.95. The maximum atomic E-state index is 13.7. The summed E-state index contributed by atoms with van der Waals surface area (Å²) in [4.78, 5) is 38.1. The SMILES string of the molecule is C=Cc1cnc(Nc2cc(C)c(C(=O)N3CCC(N4CCN(C)CC4)CC3)cc2OC)nc1Nc1ccc2nccnc2c1S(=O)(=O)NC. The van der Waals surface area contributed by atoms with E-state index in [2.05, 4.69) is 58.7 Å². The molecule has 0 unspecified atom stereocenters. The number of likely N-dealkylation sites (N-methyl/N-ethyl adjacent to an activating group) is 1. The Hall–Kier alpha value is -4.70. The van der Waals surface area contributed by atoms with E-state index in [1.165, 1.54) is 19.4 Å². The first-order valence-electron chi connectivity index (χ1n) is 16.2. The van der Waals surface area contributed by atoms with Gasteiger partial charge in [-0.05, 0) is 63.7 Å². The summed E-state index contributed by atoms with van der Waals surface area (Å²) in [6.07, 6.45) is 8.01. The smallest absolute Gasteiger partial charge is 0.254 e. The van der Waals surface area contributed by atoms with Crippen LogP contribution in [0, 0.1) is 6.92 Å². The van der Waals surface area contributed by atoms with Crippen LogP contribution in [0.15, 0.2) is 54.3 Å². The first-order chi connectivity index (χ1) is 23.6. The molecule has 0 aliphatic carbocycles. The number of sulfonamides is 1. The Morgan fingerprint density at radius 2 is 1.73 bits per heavy atom. The molecule has 4 heterocycles. The summed E-state index contributed by atoms with van der Waals surface area (Å²) in [6.45, 7) is 11.5. The van der Waals surface area contributed by atoms with Gasteiger partial charge in [0.2, 0.25) is 16.0 Å². The molecule has 2 fully saturated rings. The van der Waals surface area contributed by atoms with E-state index < -0.39 is 10.0 Å². The number of nitrogens with zero attached hydrogens (tertiary/aromatic N) is 7. The molecule has 0 bridgehead atoms. The number of aryl methyl sites for hydroxylation is 1. The molecule has 2 aromatic heterocycles. The Kier molecular flexibility index (Phi) is 10.1. The van der Waals surface area contributed by atoms with Crippen LogP contribution >= 0.6 is 0 Å². The molecule has 49 heavy (non-hydrogen) atoms. The fraction of sp³-hybridized carbons (Fsp3) is 0.382. The van der Waals surface area contributed by atoms with Crippen molar-refractivity contribution in [2.45, 2.75) is 30.7 Å². The second-order valence-electron chi connectivity index (χ2n) is 12.3. The van der Waals surface area contributed by atoms with Crippen LogP contribution in [-0.4, -0.2) is 115 Å². The molecule has 2 saturated heterocycles. The van der Waals surface area contributed by atoms with E-state index in [9.17, 15) is 13.2 Å². The molecule has 1 amide bonds. The van der Waals surface area contributed by atoms with Crippen LogP contribution in [0.3, 0.4) is 0 Å². The van der Waals surface area contributed by atoms with Gasteiger partial charge in [-0.25, -0.2) is 18.1 Å². The fourth-order valence-corrected chi connectivity index (χ4v) is 7.43. The van der Waals surface area contributed by atoms with E-state index >= 15 is 0 Å². The molecular weight excluding hydrogens is 645 g/mol. The molecule has 2 aromatic carbocycles. The van der Waals surface area contributed by atoms with Crippen molar-refractivity contribution in [1.29, 1.82) is 0 Å². The molecule has 15 heteroatoms. The van der Waals surface area contributed by atoms with Crippen LogP contribution in [0.2, 0.25) is 0 Å². The predicted molar refractivity (Wildman–Crippen MR) is 190 cm³/mol. The van der Waals surface area contributed by atoms with Gasteiger partial charge in [-0.3, -0.25) is 19.7 Å². The van der Waals surface area contributed by atoms with E-state index in [0.717, 1.165) is 57.7 Å². The first kappa shape index (κ1) is 34.2. The number of hydrogen-bond acceptors (Lipinski definition) is 12. The number of nitrogens with one attached hydrogen (secondary N) is 3. The number of fused-ring (bicyclic) bond motifs is 1.